The van der Waals surface area contributed by atoms with E-state index in [2.05, 4.69) is 0 Å². The van der Waals surface area contributed by atoms with Gasteiger partial charge in [-0.1, -0.05) is 0 Å². The van der Waals surface area contributed by atoms with Crippen molar-refractivity contribution in [3.8, 4) is 0 Å². The zero-order valence-electron chi connectivity index (χ0n) is 7.33. The number of hydrogen-bond acceptors (Lipinski definition) is 3. The van der Waals surface area contributed by atoms with Crippen LogP contribution in [0.3, 0.4) is 0 Å². The zero-order valence-corrected chi connectivity index (χ0v) is 8.15. The van der Waals surface area contributed by atoms with Gasteiger partial charge in [0.25, 0.3) is 0 Å². The third-order valence-corrected chi connectivity index (χ3v) is 4.42. The van der Waals surface area contributed by atoms with Crippen LogP contribution in [0, 0.1) is 5.92 Å². The molecule has 3 N–H and O–H groups in total. The second-order valence-corrected chi connectivity index (χ2v) is 5.36. The molecule has 1 aliphatic carbocycles. The first-order valence-corrected chi connectivity index (χ1v) is 5.91. The number of nitrogens with two attached hydrogens (primary N) is 1. The number of thioether (sulfide) groups is 1. The highest BCUT2D eigenvalue weighted by molar-refractivity contribution is 7.99. The first-order valence-electron chi connectivity index (χ1n) is 4.75. The Morgan fingerprint density at radius 1 is 1.42 bits per heavy atom. The Labute approximate surface area is 77.9 Å². The van der Waals surface area contributed by atoms with E-state index >= 15 is 0 Å². The molecule has 0 aromatic carbocycles. The Balaban J connectivity index is 1.90. The number of aliphatic hydroxyl groups excluding tert-OH is 1. The Morgan fingerprint density at radius 3 is 2.67 bits per heavy atom. The molecule has 1 atom stereocenters. The van der Waals surface area contributed by atoms with Crippen molar-refractivity contribution in [1.82, 2.24) is 0 Å². The molecule has 2 aliphatic rings. The van der Waals surface area contributed by atoms with E-state index in [0.29, 0.717) is 5.92 Å². The van der Waals surface area contributed by atoms with Gasteiger partial charge in [-0.15, -0.1) is 0 Å². The highest BCUT2D eigenvalue weighted by atomic mass is 32.2. The average molecular weight is 187 g/mol. The molecule has 1 heterocycles. The van der Waals surface area contributed by atoms with Crippen LogP contribution in [-0.4, -0.2) is 28.3 Å². The van der Waals surface area contributed by atoms with Gasteiger partial charge in [-0.3, -0.25) is 0 Å². The molecule has 1 saturated heterocycles. The minimum atomic E-state index is -0.109. The maximum absolute atomic E-state index is 9.23. The van der Waals surface area contributed by atoms with Crippen molar-refractivity contribution < 1.29 is 5.11 Å². The van der Waals surface area contributed by atoms with E-state index in [0.717, 1.165) is 12.8 Å². The van der Waals surface area contributed by atoms with Crippen LogP contribution in [0.25, 0.3) is 0 Å². The van der Waals surface area contributed by atoms with Gasteiger partial charge >= 0.3 is 0 Å². The van der Waals surface area contributed by atoms with Crippen LogP contribution in [0.1, 0.15) is 25.7 Å². The molecule has 2 rings (SSSR count). The Morgan fingerprint density at radius 2 is 2.17 bits per heavy atom. The van der Waals surface area contributed by atoms with Gasteiger partial charge in [0.2, 0.25) is 0 Å². The molecular formula is C9H17NOS. The first kappa shape index (κ1) is 8.85. The van der Waals surface area contributed by atoms with Crippen molar-refractivity contribution in [3.63, 3.8) is 0 Å². The van der Waals surface area contributed by atoms with Crippen LogP contribution < -0.4 is 5.73 Å². The van der Waals surface area contributed by atoms with Crippen LogP contribution >= 0.6 is 11.8 Å². The maximum atomic E-state index is 9.23. The van der Waals surface area contributed by atoms with Gasteiger partial charge in [0.15, 0.2) is 0 Å². The lowest BCUT2D eigenvalue weighted by atomic mass is 9.66. The summed E-state index contributed by atoms with van der Waals surface area (Å²) in [5, 5.41) is 9.23. The summed E-state index contributed by atoms with van der Waals surface area (Å²) in [6.07, 6.45) is 4.14. The van der Waals surface area contributed by atoms with E-state index in [1.807, 2.05) is 11.8 Å². The highest BCUT2D eigenvalue weighted by Gasteiger charge is 2.45. The molecule has 1 saturated carbocycles. The fraction of sp³-hybridized carbons (Fsp3) is 1.00. The monoisotopic (exact) mass is 187 g/mol. The van der Waals surface area contributed by atoms with Gasteiger partial charge in [0.05, 0.1) is 6.10 Å². The van der Waals surface area contributed by atoms with E-state index in [1.165, 1.54) is 24.3 Å². The van der Waals surface area contributed by atoms with Gasteiger partial charge in [0.1, 0.15) is 0 Å². The molecule has 2 fully saturated rings. The number of aliphatic hydroxyl groups is 1. The minimum Gasteiger partial charge on any atom is -0.393 e. The Bertz CT molecular complexity index is 162. The summed E-state index contributed by atoms with van der Waals surface area (Å²) in [4.78, 5) is 0. The molecule has 0 aromatic rings. The lowest BCUT2D eigenvalue weighted by molar-refractivity contribution is -0.00578. The van der Waals surface area contributed by atoms with Crippen molar-refractivity contribution >= 4 is 11.8 Å². The fourth-order valence-electron chi connectivity index (χ4n) is 2.35. The predicted molar refractivity (Wildman–Crippen MR) is 52.2 cm³/mol. The molecule has 1 unspecified atom stereocenters. The van der Waals surface area contributed by atoms with Crippen molar-refractivity contribution in [1.29, 1.82) is 0 Å². The Kier molecular flexibility index (Phi) is 2.36. The van der Waals surface area contributed by atoms with Crippen LogP contribution in [0.15, 0.2) is 0 Å². The van der Waals surface area contributed by atoms with E-state index in [4.69, 9.17) is 5.73 Å². The molecular weight excluding hydrogens is 170 g/mol. The van der Waals surface area contributed by atoms with Crippen molar-refractivity contribution in [2.45, 2.75) is 37.3 Å². The van der Waals surface area contributed by atoms with Crippen LogP contribution in [0.4, 0.5) is 0 Å². The number of hydrogen-bond donors (Lipinski definition) is 2. The molecule has 2 nitrogen and oxygen atoms in total. The lowest BCUT2D eigenvalue weighted by Crippen LogP contribution is -2.60. The van der Waals surface area contributed by atoms with Gasteiger partial charge in [-0.2, -0.15) is 11.8 Å². The summed E-state index contributed by atoms with van der Waals surface area (Å²) < 4.78 is 0. The van der Waals surface area contributed by atoms with Gasteiger partial charge in [0, 0.05) is 5.54 Å². The first-order chi connectivity index (χ1) is 5.71. The molecule has 0 aromatic heterocycles. The van der Waals surface area contributed by atoms with E-state index in [-0.39, 0.29) is 11.6 Å². The summed E-state index contributed by atoms with van der Waals surface area (Å²) in [7, 11) is 0. The second-order valence-electron chi connectivity index (χ2n) is 4.21. The van der Waals surface area contributed by atoms with Gasteiger partial charge < -0.3 is 10.8 Å². The molecule has 12 heavy (non-hydrogen) atoms. The smallest absolute Gasteiger partial charge is 0.0575 e. The highest BCUT2D eigenvalue weighted by Crippen LogP contribution is 2.41. The molecule has 0 amide bonds. The third kappa shape index (κ3) is 1.50. The second kappa shape index (κ2) is 3.20. The number of rotatable bonds is 1. The minimum absolute atomic E-state index is 0.00711. The van der Waals surface area contributed by atoms with Gasteiger partial charge in [-0.25, -0.2) is 0 Å². The molecule has 3 heteroatoms. The summed E-state index contributed by atoms with van der Waals surface area (Å²) in [5.41, 5.74) is 6.19. The Hall–Kier alpha value is 0.270. The summed E-state index contributed by atoms with van der Waals surface area (Å²) in [5.74, 6) is 3.18. The van der Waals surface area contributed by atoms with Crippen LogP contribution in [-0.2, 0) is 0 Å². The van der Waals surface area contributed by atoms with E-state index in [1.54, 1.807) is 0 Å². The SMILES string of the molecule is NC1(C2CCCSC2)CC(O)C1. The van der Waals surface area contributed by atoms with Crippen molar-refractivity contribution in [3.05, 3.63) is 0 Å². The zero-order chi connectivity index (χ0) is 8.60. The van der Waals surface area contributed by atoms with Crippen LogP contribution in [0.2, 0.25) is 0 Å². The lowest BCUT2D eigenvalue weighted by Gasteiger charge is -2.49. The molecule has 0 bridgehead atoms. The molecule has 0 spiro atoms. The quantitative estimate of drug-likeness (QED) is 0.643. The van der Waals surface area contributed by atoms with E-state index < -0.39 is 0 Å². The molecule has 1 aliphatic heterocycles. The fourth-order valence-corrected chi connectivity index (χ4v) is 3.67. The third-order valence-electron chi connectivity index (χ3n) is 3.20. The van der Waals surface area contributed by atoms with Crippen molar-refractivity contribution in [2.24, 2.45) is 11.7 Å². The van der Waals surface area contributed by atoms with E-state index in [9.17, 15) is 5.11 Å². The average Bonchev–Trinajstić information content (AvgIpc) is 2.04. The van der Waals surface area contributed by atoms with Crippen molar-refractivity contribution in [2.75, 3.05) is 11.5 Å². The summed E-state index contributed by atoms with van der Waals surface area (Å²) in [6, 6.07) is 0. The predicted octanol–water partition coefficient (Wildman–Crippen LogP) is 0.982. The van der Waals surface area contributed by atoms with Crippen LogP contribution in [0.5, 0.6) is 0 Å². The topological polar surface area (TPSA) is 46.2 Å². The summed E-state index contributed by atoms with van der Waals surface area (Å²) in [6.45, 7) is 0. The normalized spacial score (nSPS) is 48.5. The molecule has 0 radical (unpaired) electrons. The largest absolute Gasteiger partial charge is 0.393 e. The standard InChI is InChI=1S/C9H17NOS/c10-9(4-8(11)5-9)7-2-1-3-12-6-7/h7-8,11H,1-6,10H2. The summed E-state index contributed by atoms with van der Waals surface area (Å²) >= 11 is 2.02. The maximum Gasteiger partial charge on any atom is 0.0575 e. The molecule has 70 valence electrons. The van der Waals surface area contributed by atoms with Gasteiger partial charge in [-0.05, 0) is 43.1 Å².